The molecule has 0 unspecified atom stereocenters. The van der Waals surface area contributed by atoms with Gasteiger partial charge in [-0.2, -0.15) is 0 Å². The molecule has 0 aliphatic rings. The molecule has 82 valence electrons. The monoisotopic (exact) mass is 224 g/mol. The van der Waals surface area contributed by atoms with E-state index in [1.807, 2.05) is 32.9 Å². The minimum atomic E-state index is -0.00521. The number of benzene rings is 1. The zero-order valence-electron chi connectivity index (χ0n) is 9.73. The van der Waals surface area contributed by atoms with Crippen LogP contribution < -0.4 is 0 Å². The lowest BCUT2D eigenvalue weighted by Gasteiger charge is -2.10. The molecule has 0 spiro atoms. The largest absolute Gasteiger partial charge is 0.294 e. The van der Waals surface area contributed by atoms with Gasteiger partial charge in [-0.3, -0.25) is 4.79 Å². The fraction of sp³-hybridized carbons (Fsp3) is 0.462. The molecule has 0 bridgehead atoms. The van der Waals surface area contributed by atoms with Gasteiger partial charge in [-0.25, -0.2) is 0 Å². The minimum absolute atomic E-state index is 0.00521. The summed E-state index contributed by atoms with van der Waals surface area (Å²) in [6, 6.07) is 3.82. The van der Waals surface area contributed by atoms with Crippen molar-refractivity contribution in [2.75, 3.05) is 0 Å². The first kappa shape index (κ1) is 12.3. The molecule has 0 atom stereocenters. The summed E-state index contributed by atoms with van der Waals surface area (Å²) in [6.45, 7) is 7.89. The third-order valence-corrected chi connectivity index (χ3v) is 2.91. The molecule has 1 nitrogen and oxygen atoms in total. The van der Waals surface area contributed by atoms with Crippen molar-refractivity contribution in [3.05, 3.63) is 33.8 Å². The van der Waals surface area contributed by atoms with Crippen LogP contribution in [-0.2, 0) is 6.42 Å². The van der Waals surface area contributed by atoms with Gasteiger partial charge in [0.05, 0.1) is 5.02 Å². The van der Waals surface area contributed by atoms with E-state index in [0.717, 1.165) is 12.0 Å². The number of ketones is 1. The standard InChI is InChI=1S/C13H17ClO/c1-5-10-7-12(14)11(6-9(10)4)13(15)8(2)3/h6-8H,5H2,1-4H3. The van der Waals surface area contributed by atoms with Crippen LogP contribution in [0.15, 0.2) is 12.1 Å². The summed E-state index contributed by atoms with van der Waals surface area (Å²) >= 11 is 6.10. The van der Waals surface area contributed by atoms with Crippen molar-refractivity contribution in [2.45, 2.75) is 34.1 Å². The average Bonchev–Trinajstić information content (AvgIpc) is 2.19. The average molecular weight is 225 g/mol. The third-order valence-electron chi connectivity index (χ3n) is 2.60. The molecule has 1 rings (SSSR count). The molecule has 1 aromatic carbocycles. The van der Waals surface area contributed by atoms with E-state index in [4.69, 9.17) is 11.6 Å². The second-order valence-corrected chi connectivity index (χ2v) is 4.54. The molecule has 0 saturated carbocycles. The highest BCUT2D eigenvalue weighted by molar-refractivity contribution is 6.34. The number of halogens is 1. The quantitative estimate of drug-likeness (QED) is 0.708. The summed E-state index contributed by atoms with van der Waals surface area (Å²) in [5, 5.41) is 0.580. The molecule has 0 fully saturated rings. The summed E-state index contributed by atoms with van der Waals surface area (Å²) < 4.78 is 0. The Morgan fingerprint density at radius 2 is 2.00 bits per heavy atom. The van der Waals surface area contributed by atoms with E-state index < -0.39 is 0 Å². The number of carbonyl (C=O) groups is 1. The zero-order valence-corrected chi connectivity index (χ0v) is 10.5. The van der Waals surface area contributed by atoms with Gasteiger partial charge in [-0.1, -0.05) is 32.4 Å². The molecular weight excluding hydrogens is 208 g/mol. The van der Waals surface area contributed by atoms with E-state index in [1.165, 1.54) is 5.56 Å². The van der Waals surface area contributed by atoms with E-state index in [9.17, 15) is 4.79 Å². The number of aryl methyl sites for hydroxylation is 2. The Labute approximate surface area is 96.5 Å². The Hall–Kier alpha value is -0.820. The van der Waals surface area contributed by atoms with Gasteiger partial charge in [0, 0.05) is 11.5 Å². The molecule has 2 heteroatoms. The van der Waals surface area contributed by atoms with E-state index in [-0.39, 0.29) is 11.7 Å². The number of hydrogen-bond donors (Lipinski definition) is 0. The lowest BCUT2D eigenvalue weighted by atomic mass is 9.96. The van der Waals surface area contributed by atoms with Crippen molar-refractivity contribution >= 4 is 17.4 Å². The van der Waals surface area contributed by atoms with Crippen LogP contribution in [-0.4, -0.2) is 5.78 Å². The topological polar surface area (TPSA) is 17.1 Å². The first-order chi connectivity index (χ1) is 6.97. The first-order valence-corrected chi connectivity index (χ1v) is 5.68. The van der Waals surface area contributed by atoms with Gasteiger partial charge in [0.1, 0.15) is 0 Å². The van der Waals surface area contributed by atoms with Gasteiger partial charge in [0.15, 0.2) is 5.78 Å². The summed E-state index contributed by atoms with van der Waals surface area (Å²) in [5.41, 5.74) is 3.01. The van der Waals surface area contributed by atoms with Gasteiger partial charge in [0.25, 0.3) is 0 Å². The fourth-order valence-corrected chi connectivity index (χ4v) is 1.88. The Balaban J connectivity index is 3.22. The fourth-order valence-electron chi connectivity index (χ4n) is 1.60. The maximum atomic E-state index is 11.8. The Morgan fingerprint density at radius 3 is 2.47 bits per heavy atom. The highest BCUT2D eigenvalue weighted by Crippen LogP contribution is 2.24. The summed E-state index contributed by atoms with van der Waals surface area (Å²) in [5.74, 6) is 0.111. The van der Waals surface area contributed by atoms with Crippen LogP contribution >= 0.6 is 11.6 Å². The maximum Gasteiger partial charge on any atom is 0.166 e. The van der Waals surface area contributed by atoms with Crippen LogP contribution in [0, 0.1) is 12.8 Å². The van der Waals surface area contributed by atoms with Gasteiger partial charge in [-0.05, 0) is 36.6 Å². The molecule has 0 N–H and O–H groups in total. The summed E-state index contributed by atoms with van der Waals surface area (Å²) in [6.07, 6.45) is 0.946. The highest BCUT2D eigenvalue weighted by Gasteiger charge is 2.15. The van der Waals surface area contributed by atoms with Crippen LogP contribution in [0.3, 0.4) is 0 Å². The molecule has 0 aliphatic carbocycles. The second-order valence-electron chi connectivity index (χ2n) is 4.13. The predicted octanol–water partition coefficient (Wildman–Crippen LogP) is 4.05. The lowest BCUT2D eigenvalue weighted by molar-refractivity contribution is 0.0939. The number of rotatable bonds is 3. The molecule has 0 heterocycles. The molecule has 0 amide bonds. The van der Waals surface area contributed by atoms with Crippen LogP contribution in [0.2, 0.25) is 5.02 Å². The molecule has 1 aromatic rings. The normalized spacial score (nSPS) is 10.8. The van der Waals surface area contributed by atoms with E-state index in [1.54, 1.807) is 0 Å². The van der Waals surface area contributed by atoms with Crippen LogP contribution in [0.5, 0.6) is 0 Å². The highest BCUT2D eigenvalue weighted by atomic mass is 35.5. The van der Waals surface area contributed by atoms with Crippen LogP contribution in [0.1, 0.15) is 42.3 Å². The van der Waals surface area contributed by atoms with Crippen molar-refractivity contribution in [3.63, 3.8) is 0 Å². The Kier molecular flexibility index (Phi) is 3.92. The Morgan fingerprint density at radius 1 is 1.40 bits per heavy atom. The van der Waals surface area contributed by atoms with Gasteiger partial charge >= 0.3 is 0 Å². The van der Waals surface area contributed by atoms with Crippen molar-refractivity contribution in [3.8, 4) is 0 Å². The van der Waals surface area contributed by atoms with Crippen molar-refractivity contribution in [1.29, 1.82) is 0 Å². The number of carbonyl (C=O) groups excluding carboxylic acids is 1. The lowest BCUT2D eigenvalue weighted by Crippen LogP contribution is -2.09. The smallest absolute Gasteiger partial charge is 0.166 e. The van der Waals surface area contributed by atoms with Gasteiger partial charge in [-0.15, -0.1) is 0 Å². The summed E-state index contributed by atoms with van der Waals surface area (Å²) in [4.78, 5) is 11.8. The van der Waals surface area contributed by atoms with Crippen molar-refractivity contribution in [2.24, 2.45) is 5.92 Å². The summed E-state index contributed by atoms with van der Waals surface area (Å²) in [7, 11) is 0. The predicted molar refractivity (Wildman–Crippen MR) is 64.7 cm³/mol. The third kappa shape index (κ3) is 2.60. The second kappa shape index (κ2) is 4.80. The SMILES string of the molecule is CCc1cc(Cl)c(C(=O)C(C)C)cc1C. The van der Waals surface area contributed by atoms with Gasteiger partial charge < -0.3 is 0 Å². The Bertz CT molecular complexity index is 380. The minimum Gasteiger partial charge on any atom is -0.294 e. The van der Waals surface area contributed by atoms with Crippen molar-refractivity contribution in [1.82, 2.24) is 0 Å². The molecule has 15 heavy (non-hydrogen) atoms. The first-order valence-electron chi connectivity index (χ1n) is 5.30. The van der Waals surface area contributed by atoms with Crippen LogP contribution in [0.25, 0.3) is 0 Å². The molecular formula is C13H17ClO. The number of hydrogen-bond acceptors (Lipinski definition) is 1. The van der Waals surface area contributed by atoms with E-state index in [2.05, 4.69) is 6.92 Å². The maximum absolute atomic E-state index is 11.8. The number of Topliss-reactive ketones (excluding diaryl/α,β-unsaturated/α-hetero) is 1. The molecule has 0 aliphatic heterocycles. The zero-order chi connectivity index (χ0) is 11.6. The molecule has 0 saturated heterocycles. The van der Waals surface area contributed by atoms with Crippen molar-refractivity contribution < 1.29 is 4.79 Å². The molecule has 0 aromatic heterocycles. The van der Waals surface area contributed by atoms with E-state index in [0.29, 0.717) is 10.6 Å². The van der Waals surface area contributed by atoms with E-state index >= 15 is 0 Å². The molecule has 0 radical (unpaired) electrons. The van der Waals surface area contributed by atoms with Gasteiger partial charge in [0.2, 0.25) is 0 Å². The van der Waals surface area contributed by atoms with Crippen LogP contribution in [0.4, 0.5) is 0 Å².